The van der Waals surface area contributed by atoms with Gasteiger partial charge in [0.05, 0.1) is 18.5 Å². The highest BCUT2D eigenvalue weighted by molar-refractivity contribution is 7.85. The highest BCUT2D eigenvalue weighted by Crippen LogP contribution is 2.14. The van der Waals surface area contributed by atoms with E-state index in [-0.39, 0.29) is 115 Å². The highest BCUT2D eigenvalue weighted by atomic mass is 32.2. The minimum Gasteiger partial charge on any atom is -0.391 e. The summed E-state index contributed by atoms with van der Waals surface area (Å²) in [4.78, 5) is 153. The third-order valence-corrected chi connectivity index (χ3v) is 13.9. The average Bonchev–Trinajstić information content (AvgIpc) is 3.18. The van der Waals surface area contributed by atoms with E-state index in [9.17, 15) is 71.4 Å². The summed E-state index contributed by atoms with van der Waals surface area (Å²) in [6, 6.07) is -14.2. The second-order valence-electron chi connectivity index (χ2n) is 23.1. The van der Waals surface area contributed by atoms with Crippen molar-refractivity contribution in [2.75, 3.05) is 45.5 Å². The predicted molar refractivity (Wildman–Crippen MR) is 328 cm³/mol. The largest absolute Gasteiger partial charge is 0.391 e. The summed E-state index contributed by atoms with van der Waals surface area (Å²) < 4.78 is 25.9. The molecule has 0 aliphatic carbocycles. The summed E-state index contributed by atoms with van der Waals surface area (Å²) in [7, 11) is -3.67. The van der Waals surface area contributed by atoms with E-state index in [1.54, 1.807) is 27.7 Å². The van der Waals surface area contributed by atoms with Gasteiger partial charge in [0, 0.05) is 13.0 Å². The van der Waals surface area contributed by atoms with Crippen LogP contribution >= 0.6 is 0 Å². The Labute approximate surface area is 517 Å². The molecule has 1 heterocycles. The van der Waals surface area contributed by atoms with Crippen molar-refractivity contribution in [3.05, 3.63) is 0 Å². The fourth-order valence-electron chi connectivity index (χ4n) is 8.94. The third-order valence-electron chi connectivity index (χ3n) is 13.9. The van der Waals surface area contributed by atoms with Crippen LogP contribution in [-0.4, -0.2) is 206 Å². The van der Waals surface area contributed by atoms with Crippen molar-refractivity contribution >= 4 is 75.1 Å². The molecule has 1 aliphatic heterocycles. The first-order valence-corrected chi connectivity index (χ1v) is 32.1. The molecule has 1 saturated heterocycles. The van der Waals surface area contributed by atoms with Crippen molar-refractivity contribution < 1.29 is 75.9 Å². The van der Waals surface area contributed by atoms with Gasteiger partial charge in [-0.1, -0.05) is 60.8 Å². The van der Waals surface area contributed by atoms with Gasteiger partial charge in [0.1, 0.15) is 60.4 Å². The van der Waals surface area contributed by atoms with E-state index < -0.39 is 148 Å². The van der Waals surface area contributed by atoms with Crippen molar-refractivity contribution in [1.82, 2.24) is 58.5 Å². The molecule has 24 N–H and O–H groups in total. The van der Waals surface area contributed by atoms with E-state index in [0.717, 1.165) is 19.3 Å². The van der Waals surface area contributed by atoms with Crippen molar-refractivity contribution in [3.63, 3.8) is 0 Å². The number of unbranched alkanes of at least 4 members (excludes halogenated alkanes) is 1. The van der Waals surface area contributed by atoms with Crippen LogP contribution in [0.4, 0.5) is 0 Å². The van der Waals surface area contributed by atoms with Gasteiger partial charge in [-0.25, -0.2) is 0 Å². The molecular weight excluding hydrogens is 1170 g/mol. The van der Waals surface area contributed by atoms with Gasteiger partial charge in [0.15, 0.2) is 0 Å². The summed E-state index contributed by atoms with van der Waals surface area (Å²) in [6.45, 7) is 13.0. The molecular formula is C55H106N16O16S. The molecule has 11 amide bonds. The molecule has 0 radical (unpaired) electrons. The minimum absolute atomic E-state index is 0.00460. The first kappa shape index (κ1) is 81.8. The molecule has 0 bridgehead atoms. The Morgan fingerprint density at radius 3 is 1.39 bits per heavy atom. The van der Waals surface area contributed by atoms with Gasteiger partial charge < -0.3 is 97.4 Å². The Morgan fingerprint density at radius 1 is 0.557 bits per heavy atom. The molecule has 13 atom stereocenters. The van der Waals surface area contributed by atoms with Gasteiger partial charge in [0.25, 0.3) is 10.1 Å². The summed E-state index contributed by atoms with van der Waals surface area (Å²) in [5.74, 6) is -9.14. The van der Waals surface area contributed by atoms with Gasteiger partial charge in [0.2, 0.25) is 65.0 Å². The van der Waals surface area contributed by atoms with Crippen molar-refractivity contribution in [2.45, 2.75) is 218 Å². The zero-order valence-electron chi connectivity index (χ0n) is 52.7. The molecule has 1 fully saturated rings. The Hall–Kier alpha value is -6.20. The SMILES string of the molecule is CCC(C)CCCCC(=O)N[C@@H](CCN)C(=O)N[C@H](C(=O)N[C@@H](CCN)C(=O)N[C@H]1CCCNC(=O)[C@H]([C@@H](C)O)NC(=O)[C@@H](CCN)NC(=O)[C@H](CCN)NC(=O)[C@H](CC(C)C)NC(=O)[C@@H](CC(C)C)NC(=O)[C@H](CCN)NC1=O)[C@@H](C)O.CS(=O)(=O)O. The molecule has 0 aromatic heterocycles. The topological polar surface area (TPSA) is 545 Å². The second kappa shape index (κ2) is 43.5. The molecule has 0 aromatic rings. The number of rotatable bonds is 29. The van der Waals surface area contributed by atoms with Crippen molar-refractivity contribution in [2.24, 2.45) is 46.4 Å². The normalized spacial score (nSPS) is 22.8. The Kier molecular flexibility index (Phi) is 40.4. The molecule has 0 saturated carbocycles. The van der Waals surface area contributed by atoms with E-state index in [1.807, 2.05) is 0 Å². The van der Waals surface area contributed by atoms with Crippen molar-refractivity contribution in [3.8, 4) is 0 Å². The molecule has 1 aliphatic rings. The lowest BCUT2D eigenvalue weighted by Crippen LogP contribution is -2.62. The van der Waals surface area contributed by atoms with Crippen LogP contribution in [0.25, 0.3) is 0 Å². The van der Waals surface area contributed by atoms with Crippen LogP contribution in [0.5, 0.6) is 0 Å². The highest BCUT2D eigenvalue weighted by Gasteiger charge is 2.37. The first-order chi connectivity index (χ1) is 41.2. The molecule has 1 rings (SSSR count). The maximum atomic E-state index is 14.4. The minimum atomic E-state index is -3.67. The first-order valence-electron chi connectivity index (χ1n) is 30.3. The number of hydrogen-bond donors (Lipinski definition) is 19. The number of aliphatic hydroxyl groups is 2. The lowest BCUT2D eigenvalue weighted by molar-refractivity contribution is -0.137. The monoisotopic (exact) mass is 1280 g/mol. The quantitative estimate of drug-likeness (QED) is 0.0245. The Balaban J connectivity index is 0.0000145. The smallest absolute Gasteiger partial charge is 0.261 e. The lowest BCUT2D eigenvalue weighted by atomic mass is 9.99. The zero-order chi connectivity index (χ0) is 67.4. The third kappa shape index (κ3) is 34.0. The van der Waals surface area contributed by atoms with E-state index >= 15 is 0 Å². The fraction of sp³-hybridized carbons (Fsp3) is 0.800. The number of nitrogens with one attached hydrogen (secondary N) is 11. The predicted octanol–water partition coefficient (Wildman–Crippen LogP) is -5.55. The van der Waals surface area contributed by atoms with Crippen LogP contribution in [0.2, 0.25) is 0 Å². The zero-order valence-corrected chi connectivity index (χ0v) is 53.6. The molecule has 88 heavy (non-hydrogen) atoms. The molecule has 1 unspecified atom stereocenters. The molecule has 32 nitrogen and oxygen atoms in total. The van der Waals surface area contributed by atoms with Crippen LogP contribution in [0, 0.1) is 17.8 Å². The number of aliphatic hydroxyl groups excluding tert-OH is 2. The van der Waals surface area contributed by atoms with Crippen LogP contribution in [0.15, 0.2) is 0 Å². The lowest BCUT2D eigenvalue weighted by Gasteiger charge is -2.29. The molecule has 508 valence electrons. The van der Waals surface area contributed by atoms with Gasteiger partial charge in [-0.2, -0.15) is 8.42 Å². The standard InChI is InChI=1S/C54H102N16O13.CH4O3S/c1-9-31(6)13-10-11-15-42(73)61-35(16-21-55)49(78)70-44(33(8)72)54(83)66-38(19-24-58)47(76)62-34-14-12-26-60-53(82)43(32(7)71)69-50(79)39(20-25-59)64-46(75)36(17-22-56)65-51(80)40(27-29(2)3)68-52(81)41(28-30(4)5)67-48(77)37(18-23-57)63-45(34)74;1-5(2,3)4/h29-41,43-44,71-72H,9-28,55-59H2,1-8H3,(H,60,82)(H,61,73)(H,62,76)(H,63,74)(H,64,75)(H,65,80)(H,66,83)(H,67,77)(H,68,81)(H,69,79)(H,70,78);1H3,(H,2,3,4)/t31?,32-,33-,34+,35+,36+,37+,38+,39-,40+,41-,43+,44+;/m1./s1. The maximum Gasteiger partial charge on any atom is 0.261 e. The summed E-state index contributed by atoms with van der Waals surface area (Å²) in [5, 5.41) is 49.8. The van der Waals surface area contributed by atoms with Crippen LogP contribution in [0.3, 0.4) is 0 Å². The number of hydrogen-bond acceptors (Lipinski definition) is 20. The molecule has 0 aromatic carbocycles. The number of nitrogens with two attached hydrogens (primary N) is 5. The van der Waals surface area contributed by atoms with E-state index in [4.69, 9.17) is 33.2 Å². The number of carbonyl (C=O) groups is 11. The summed E-state index contributed by atoms with van der Waals surface area (Å²) in [6.07, 6.45) is 0.247. The molecule has 33 heteroatoms. The number of carbonyl (C=O) groups excluding carboxylic acids is 11. The molecule has 0 spiro atoms. The van der Waals surface area contributed by atoms with Crippen LogP contribution in [0.1, 0.15) is 145 Å². The van der Waals surface area contributed by atoms with Gasteiger partial charge in [-0.3, -0.25) is 57.3 Å². The van der Waals surface area contributed by atoms with Gasteiger partial charge >= 0.3 is 0 Å². The Bertz CT molecular complexity index is 2330. The number of amides is 11. The van der Waals surface area contributed by atoms with E-state index in [0.29, 0.717) is 18.6 Å². The average molecular weight is 1280 g/mol. The van der Waals surface area contributed by atoms with Crippen molar-refractivity contribution in [1.29, 1.82) is 0 Å². The van der Waals surface area contributed by atoms with Crippen LogP contribution < -0.4 is 87.2 Å². The Morgan fingerprint density at radius 2 is 0.977 bits per heavy atom. The maximum absolute atomic E-state index is 14.4. The van der Waals surface area contributed by atoms with Gasteiger partial charge in [-0.05, 0) is 129 Å². The summed E-state index contributed by atoms with van der Waals surface area (Å²) in [5.41, 5.74) is 29.3. The van der Waals surface area contributed by atoms with E-state index in [2.05, 4.69) is 72.3 Å². The summed E-state index contributed by atoms with van der Waals surface area (Å²) >= 11 is 0. The van der Waals surface area contributed by atoms with E-state index in [1.165, 1.54) is 13.8 Å². The fourth-order valence-corrected chi connectivity index (χ4v) is 8.94. The second-order valence-corrected chi connectivity index (χ2v) is 24.5. The van der Waals surface area contributed by atoms with Gasteiger partial charge in [-0.15, -0.1) is 0 Å². The van der Waals surface area contributed by atoms with Crippen LogP contribution in [-0.2, 0) is 62.9 Å².